The number of rotatable bonds is 10. The minimum Gasteiger partial charge on any atom is -0.492 e. The molecule has 25 heavy (non-hydrogen) atoms. The molecule has 2 aromatic rings. The standard InChI is InChI=1S/C21H29NO2S/c1-4-6-12-23-19-15-21(25-17-10-8-16(3)9-11-17)20(14-18(19)22)24-13-7-5-2/h8-11,14-15H,4-7,12-13,22H2,1-3H3/p+1. The van der Waals surface area contributed by atoms with Crippen LogP contribution < -0.4 is 15.2 Å². The lowest BCUT2D eigenvalue weighted by atomic mass is 10.2. The van der Waals surface area contributed by atoms with Gasteiger partial charge in [-0.15, -0.1) is 0 Å². The Kier molecular flexibility index (Phi) is 8.16. The smallest absolute Gasteiger partial charge is 0.181 e. The normalized spacial score (nSPS) is 10.7. The van der Waals surface area contributed by atoms with E-state index in [4.69, 9.17) is 9.47 Å². The molecule has 0 heterocycles. The topological polar surface area (TPSA) is 46.1 Å². The van der Waals surface area contributed by atoms with E-state index in [-0.39, 0.29) is 0 Å². The maximum absolute atomic E-state index is 6.02. The lowest BCUT2D eigenvalue weighted by Gasteiger charge is -2.14. The van der Waals surface area contributed by atoms with Crippen LogP contribution in [0.15, 0.2) is 46.2 Å². The second-order valence-electron chi connectivity index (χ2n) is 6.23. The fourth-order valence-corrected chi connectivity index (χ4v) is 3.21. The Labute approximate surface area is 155 Å². The van der Waals surface area contributed by atoms with Crippen molar-refractivity contribution in [3.05, 3.63) is 42.0 Å². The molecule has 3 N–H and O–H groups in total. The van der Waals surface area contributed by atoms with Crippen molar-refractivity contribution in [1.29, 1.82) is 0 Å². The first kappa shape index (κ1) is 19.7. The average molecular weight is 361 g/mol. The minimum absolute atomic E-state index is 0.726. The van der Waals surface area contributed by atoms with E-state index in [1.165, 1.54) is 10.5 Å². The van der Waals surface area contributed by atoms with E-state index in [0.717, 1.165) is 61.0 Å². The third-order valence-corrected chi connectivity index (χ3v) is 4.93. The molecule has 0 saturated carbocycles. The molecule has 0 atom stereocenters. The molecule has 0 fully saturated rings. The monoisotopic (exact) mass is 360 g/mol. The van der Waals surface area contributed by atoms with Crippen molar-refractivity contribution in [1.82, 2.24) is 0 Å². The zero-order valence-corrected chi connectivity index (χ0v) is 16.5. The van der Waals surface area contributed by atoms with Gasteiger partial charge in [0, 0.05) is 17.0 Å². The molecule has 0 amide bonds. The van der Waals surface area contributed by atoms with Crippen LogP contribution in [0.25, 0.3) is 0 Å². The van der Waals surface area contributed by atoms with Crippen LogP contribution in [0, 0.1) is 6.92 Å². The Bertz CT molecular complexity index is 656. The first-order valence-electron chi connectivity index (χ1n) is 9.14. The largest absolute Gasteiger partial charge is 0.492 e. The van der Waals surface area contributed by atoms with Gasteiger partial charge in [0.15, 0.2) is 11.4 Å². The highest BCUT2D eigenvalue weighted by atomic mass is 32.2. The summed E-state index contributed by atoms with van der Waals surface area (Å²) in [4.78, 5) is 2.28. The van der Waals surface area contributed by atoms with Gasteiger partial charge in [-0.05, 0) is 31.9 Å². The van der Waals surface area contributed by atoms with E-state index in [0.29, 0.717) is 0 Å². The molecule has 0 aliphatic carbocycles. The molecule has 3 nitrogen and oxygen atoms in total. The molecule has 0 aromatic heterocycles. The molecule has 0 radical (unpaired) electrons. The van der Waals surface area contributed by atoms with E-state index in [9.17, 15) is 0 Å². The van der Waals surface area contributed by atoms with Crippen LogP contribution in [0.1, 0.15) is 45.1 Å². The number of quaternary nitrogens is 1. The molecule has 4 heteroatoms. The summed E-state index contributed by atoms with van der Waals surface area (Å²) in [6.45, 7) is 7.89. The zero-order valence-electron chi connectivity index (χ0n) is 15.6. The van der Waals surface area contributed by atoms with Crippen molar-refractivity contribution in [3.63, 3.8) is 0 Å². The summed E-state index contributed by atoms with van der Waals surface area (Å²) in [6.07, 6.45) is 4.34. The number of aryl methyl sites for hydroxylation is 1. The van der Waals surface area contributed by atoms with Gasteiger partial charge in [-0.1, -0.05) is 56.1 Å². The lowest BCUT2D eigenvalue weighted by Crippen LogP contribution is -2.40. The molecule has 2 aromatic carbocycles. The van der Waals surface area contributed by atoms with E-state index >= 15 is 0 Å². The van der Waals surface area contributed by atoms with E-state index < -0.39 is 0 Å². The van der Waals surface area contributed by atoms with Gasteiger partial charge in [-0.25, -0.2) is 0 Å². The Morgan fingerprint density at radius 2 is 1.48 bits per heavy atom. The summed E-state index contributed by atoms with van der Waals surface area (Å²) in [5.41, 5.74) is 6.28. The summed E-state index contributed by atoms with van der Waals surface area (Å²) >= 11 is 1.71. The molecule has 2 rings (SSSR count). The van der Waals surface area contributed by atoms with Crippen LogP contribution in [-0.4, -0.2) is 13.2 Å². The number of unbranched alkanes of at least 4 members (excludes halogenated alkanes) is 2. The first-order valence-corrected chi connectivity index (χ1v) is 9.95. The molecule has 0 spiro atoms. The van der Waals surface area contributed by atoms with Gasteiger partial charge in [0.05, 0.1) is 18.1 Å². The van der Waals surface area contributed by atoms with E-state index in [1.807, 2.05) is 6.07 Å². The first-order chi connectivity index (χ1) is 12.1. The van der Waals surface area contributed by atoms with Crippen molar-refractivity contribution in [2.75, 3.05) is 13.2 Å². The van der Waals surface area contributed by atoms with Crippen LogP contribution in [0.2, 0.25) is 0 Å². The Hall–Kier alpha value is -1.65. The third kappa shape index (κ3) is 6.29. The quantitative estimate of drug-likeness (QED) is 0.579. The third-order valence-electron chi connectivity index (χ3n) is 3.89. The summed E-state index contributed by atoms with van der Waals surface area (Å²) in [6, 6.07) is 12.6. The molecule has 0 aliphatic heterocycles. The van der Waals surface area contributed by atoms with Crippen molar-refractivity contribution >= 4 is 17.4 Å². The number of benzene rings is 2. The van der Waals surface area contributed by atoms with E-state index in [2.05, 4.69) is 56.8 Å². The van der Waals surface area contributed by atoms with Gasteiger partial charge < -0.3 is 15.2 Å². The van der Waals surface area contributed by atoms with Crippen LogP contribution in [0.4, 0.5) is 5.69 Å². The summed E-state index contributed by atoms with van der Waals surface area (Å²) in [5.74, 6) is 1.75. The van der Waals surface area contributed by atoms with Crippen LogP contribution in [-0.2, 0) is 0 Å². The Morgan fingerprint density at radius 3 is 2.08 bits per heavy atom. The molecule has 0 saturated heterocycles. The zero-order chi connectivity index (χ0) is 18.1. The summed E-state index contributed by atoms with van der Waals surface area (Å²) < 4.78 is 11.9. The maximum Gasteiger partial charge on any atom is 0.181 e. The Balaban J connectivity index is 2.23. The van der Waals surface area contributed by atoms with Gasteiger partial charge >= 0.3 is 0 Å². The number of ether oxygens (including phenoxy) is 2. The minimum atomic E-state index is 0.726. The predicted molar refractivity (Wildman–Crippen MR) is 105 cm³/mol. The maximum atomic E-state index is 6.02. The van der Waals surface area contributed by atoms with Crippen molar-refractivity contribution in [2.24, 2.45) is 0 Å². The highest BCUT2D eigenvalue weighted by Crippen LogP contribution is 2.40. The SMILES string of the molecule is CCCCOc1cc(Sc2ccc(C)cc2)c(OCCCC)cc1[NH3+]. The van der Waals surface area contributed by atoms with Gasteiger partial charge in [-0.3, -0.25) is 0 Å². The second kappa shape index (κ2) is 10.4. The van der Waals surface area contributed by atoms with Gasteiger partial charge in [0.25, 0.3) is 0 Å². The van der Waals surface area contributed by atoms with Crippen molar-refractivity contribution < 1.29 is 15.2 Å². The van der Waals surface area contributed by atoms with Gasteiger partial charge in [-0.2, -0.15) is 0 Å². The fourth-order valence-electron chi connectivity index (χ4n) is 2.30. The second-order valence-corrected chi connectivity index (χ2v) is 7.34. The highest BCUT2D eigenvalue weighted by Gasteiger charge is 2.14. The van der Waals surface area contributed by atoms with Crippen LogP contribution in [0.3, 0.4) is 0 Å². The number of hydrogen-bond acceptors (Lipinski definition) is 3. The van der Waals surface area contributed by atoms with Crippen LogP contribution in [0.5, 0.6) is 11.5 Å². The van der Waals surface area contributed by atoms with Gasteiger partial charge in [0.1, 0.15) is 5.75 Å². The Morgan fingerprint density at radius 1 is 0.880 bits per heavy atom. The molecular formula is C21H30NO2S+. The van der Waals surface area contributed by atoms with Crippen molar-refractivity contribution in [3.8, 4) is 11.5 Å². The van der Waals surface area contributed by atoms with E-state index in [1.54, 1.807) is 11.8 Å². The number of hydrogen-bond donors (Lipinski definition) is 1. The lowest BCUT2D eigenvalue weighted by molar-refractivity contribution is -0.256. The highest BCUT2D eigenvalue weighted by molar-refractivity contribution is 7.99. The van der Waals surface area contributed by atoms with Gasteiger partial charge in [0.2, 0.25) is 0 Å². The molecule has 0 bridgehead atoms. The van der Waals surface area contributed by atoms with Crippen LogP contribution >= 0.6 is 11.8 Å². The average Bonchev–Trinajstić information content (AvgIpc) is 2.60. The molecule has 0 unspecified atom stereocenters. The van der Waals surface area contributed by atoms with Crippen molar-refractivity contribution in [2.45, 2.75) is 56.2 Å². The molecular weight excluding hydrogens is 330 g/mol. The molecule has 0 aliphatic rings. The molecule has 136 valence electrons. The summed E-state index contributed by atoms with van der Waals surface area (Å²) in [7, 11) is 0. The predicted octanol–water partition coefficient (Wildman–Crippen LogP) is 5.38. The fraction of sp³-hybridized carbons (Fsp3) is 0.429. The summed E-state index contributed by atoms with van der Waals surface area (Å²) in [5, 5.41) is 0.